The first-order chi connectivity index (χ1) is 14.9. The van der Waals surface area contributed by atoms with Crippen molar-refractivity contribution in [2.45, 2.75) is 45.7 Å². The van der Waals surface area contributed by atoms with E-state index in [1.54, 1.807) is 10.9 Å². The predicted octanol–water partition coefficient (Wildman–Crippen LogP) is 3.20. The Morgan fingerprint density at radius 3 is 2.71 bits per heavy atom. The fraction of sp³-hybridized carbons (Fsp3) is 0.417. The minimum Gasteiger partial charge on any atom is -0.341 e. The lowest BCUT2D eigenvalue weighted by Gasteiger charge is -2.27. The van der Waals surface area contributed by atoms with Gasteiger partial charge < -0.3 is 9.80 Å². The number of fused-ring (bicyclic) bond motifs is 1. The third-order valence-corrected chi connectivity index (χ3v) is 6.18. The highest BCUT2D eigenvalue weighted by atomic mass is 16.2. The molecule has 0 aliphatic carbocycles. The molecule has 1 aliphatic rings. The zero-order valence-corrected chi connectivity index (χ0v) is 18.4. The molecule has 1 unspecified atom stereocenters. The summed E-state index contributed by atoms with van der Waals surface area (Å²) in [7, 11) is 1.85. The van der Waals surface area contributed by atoms with Crippen molar-refractivity contribution in [3.05, 3.63) is 59.7 Å². The Balaban J connectivity index is 1.42. The smallest absolute Gasteiger partial charge is 0.273 e. The van der Waals surface area contributed by atoms with Crippen molar-refractivity contribution in [2.75, 3.05) is 20.1 Å². The maximum atomic E-state index is 13.2. The van der Waals surface area contributed by atoms with Gasteiger partial charge in [-0.1, -0.05) is 24.3 Å². The van der Waals surface area contributed by atoms with Crippen LogP contribution >= 0.6 is 0 Å². The third kappa shape index (κ3) is 4.45. The van der Waals surface area contributed by atoms with E-state index in [0.717, 1.165) is 41.4 Å². The van der Waals surface area contributed by atoms with Gasteiger partial charge in [0.25, 0.3) is 5.91 Å². The average Bonchev–Trinajstić information content (AvgIpc) is 2.96. The van der Waals surface area contributed by atoms with Crippen LogP contribution in [0.1, 0.15) is 41.1 Å². The maximum Gasteiger partial charge on any atom is 0.273 e. The van der Waals surface area contributed by atoms with E-state index < -0.39 is 0 Å². The van der Waals surface area contributed by atoms with Crippen LogP contribution in [-0.2, 0) is 11.3 Å². The fourth-order valence-corrected chi connectivity index (χ4v) is 4.40. The first-order valence-corrected chi connectivity index (χ1v) is 10.8. The molecule has 162 valence electrons. The van der Waals surface area contributed by atoms with Gasteiger partial charge in [-0.05, 0) is 50.6 Å². The minimum atomic E-state index is -0.0655. The Labute approximate surface area is 182 Å². The molecule has 3 aromatic rings. The van der Waals surface area contributed by atoms with E-state index in [1.165, 1.54) is 0 Å². The second-order valence-corrected chi connectivity index (χ2v) is 8.35. The van der Waals surface area contributed by atoms with E-state index in [1.807, 2.05) is 67.1 Å². The van der Waals surface area contributed by atoms with Gasteiger partial charge in [-0.15, -0.1) is 0 Å². The molecule has 0 saturated carbocycles. The second kappa shape index (κ2) is 8.88. The number of pyridine rings is 1. The van der Waals surface area contributed by atoms with Crippen LogP contribution in [0.15, 0.2) is 42.6 Å². The first kappa shape index (κ1) is 21.0. The maximum absolute atomic E-state index is 13.2. The van der Waals surface area contributed by atoms with Crippen LogP contribution in [-0.4, -0.2) is 62.6 Å². The van der Waals surface area contributed by atoms with E-state index in [-0.39, 0.29) is 24.4 Å². The Bertz CT molecular complexity index is 1100. The van der Waals surface area contributed by atoms with Gasteiger partial charge >= 0.3 is 0 Å². The van der Waals surface area contributed by atoms with Crippen LogP contribution in [0.5, 0.6) is 0 Å². The number of carbonyl (C=O) groups excluding carboxylic acids is 2. The molecule has 1 aromatic carbocycles. The van der Waals surface area contributed by atoms with Crippen molar-refractivity contribution in [3.63, 3.8) is 0 Å². The molecule has 2 amide bonds. The summed E-state index contributed by atoms with van der Waals surface area (Å²) < 4.78 is 1.77. The average molecular weight is 420 g/mol. The summed E-state index contributed by atoms with van der Waals surface area (Å²) in [4.78, 5) is 34.2. The van der Waals surface area contributed by atoms with Crippen molar-refractivity contribution in [1.82, 2.24) is 24.6 Å². The summed E-state index contributed by atoms with van der Waals surface area (Å²) in [6, 6.07) is 11.8. The van der Waals surface area contributed by atoms with Gasteiger partial charge in [0, 0.05) is 43.5 Å². The number of benzene rings is 1. The lowest BCUT2D eigenvalue weighted by atomic mass is 10.1. The third-order valence-electron chi connectivity index (χ3n) is 6.18. The normalized spacial score (nSPS) is 16.9. The Hall–Kier alpha value is -3.22. The number of nitrogens with zero attached hydrogens (tertiary/aromatic N) is 5. The highest BCUT2D eigenvalue weighted by Crippen LogP contribution is 2.22. The molecule has 31 heavy (non-hydrogen) atoms. The molecule has 0 bridgehead atoms. The van der Waals surface area contributed by atoms with Gasteiger partial charge in [-0.3, -0.25) is 19.3 Å². The molecule has 0 N–H and O–H groups in total. The number of hydrogen-bond acceptors (Lipinski definition) is 4. The molecule has 7 heteroatoms. The van der Waals surface area contributed by atoms with Gasteiger partial charge in [0.05, 0.1) is 5.69 Å². The van der Waals surface area contributed by atoms with Gasteiger partial charge in [0.15, 0.2) is 0 Å². The molecule has 1 fully saturated rings. The summed E-state index contributed by atoms with van der Waals surface area (Å²) in [5, 5.41) is 6.29. The van der Waals surface area contributed by atoms with Gasteiger partial charge in [0.1, 0.15) is 12.2 Å². The fourth-order valence-electron chi connectivity index (χ4n) is 4.40. The first-order valence-electron chi connectivity index (χ1n) is 10.8. The molecular weight excluding hydrogens is 390 g/mol. The van der Waals surface area contributed by atoms with E-state index in [9.17, 15) is 9.59 Å². The second-order valence-electron chi connectivity index (χ2n) is 8.35. The molecular formula is C24H29N5O2. The van der Waals surface area contributed by atoms with Gasteiger partial charge in [-0.25, -0.2) is 0 Å². The molecule has 3 heterocycles. The molecule has 2 aromatic heterocycles. The zero-order valence-electron chi connectivity index (χ0n) is 18.4. The van der Waals surface area contributed by atoms with Crippen LogP contribution < -0.4 is 0 Å². The van der Waals surface area contributed by atoms with E-state index in [2.05, 4.69) is 10.1 Å². The Kier molecular flexibility index (Phi) is 6.02. The summed E-state index contributed by atoms with van der Waals surface area (Å²) in [5.41, 5.74) is 2.40. The summed E-state index contributed by atoms with van der Waals surface area (Å²) in [6.45, 7) is 5.52. The Morgan fingerprint density at radius 1 is 1.13 bits per heavy atom. The van der Waals surface area contributed by atoms with Gasteiger partial charge in [0.2, 0.25) is 5.91 Å². The largest absolute Gasteiger partial charge is 0.341 e. The minimum absolute atomic E-state index is 0.0655. The standard InChI is InChI=1S/C24H29N5O2/c1-17-15-18(2)29(26-17)16-22(30)28-13-6-8-20(11-14-28)27(3)24(31)23-21-9-5-4-7-19(21)10-12-25-23/h4-5,7,9-10,12,15,20H,6,8,11,13-14,16H2,1-3H3. The van der Waals surface area contributed by atoms with Crippen molar-refractivity contribution in [3.8, 4) is 0 Å². The number of carbonyl (C=O) groups is 2. The summed E-state index contributed by atoms with van der Waals surface area (Å²) in [5.74, 6) is 0.0146. The lowest BCUT2D eigenvalue weighted by molar-refractivity contribution is -0.132. The summed E-state index contributed by atoms with van der Waals surface area (Å²) >= 11 is 0. The zero-order chi connectivity index (χ0) is 22.0. The van der Waals surface area contributed by atoms with Crippen LogP contribution in [0.3, 0.4) is 0 Å². The van der Waals surface area contributed by atoms with Crippen molar-refractivity contribution < 1.29 is 9.59 Å². The number of rotatable bonds is 4. The predicted molar refractivity (Wildman–Crippen MR) is 120 cm³/mol. The highest BCUT2D eigenvalue weighted by Gasteiger charge is 2.27. The summed E-state index contributed by atoms with van der Waals surface area (Å²) in [6.07, 6.45) is 4.19. The van der Waals surface area contributed by atoms with Crippen LogP contribution in [0.4, 0.5) is 0 Å². The molecule has 1 saturated heterocycles. The van der Waals surface area contributed by atoms with E-state index >= 15 is 0 Å². The van der Waals surface area contributed by atoms with Crippen LogP contribution in [0.2, 0.25) is 0 Å². The van der Waals surface area contributed by atoms with Crippen LogP contribution in [0.25, 0.3) is 10.8 Å². The number of aromatic nitrogens is 3. The molecule has 7 nitrogen and oxygen atoms in total. The van der Waals surface area contributed by atoms with Gasteiger partial charge in [-0.2, -0.15) is 5.10 Å². The van der Waals surface area contributed by atoms with Crippen molar-refractivity contribution in [2.24, 2.45) is 0 Å². The number of amides is 2. The molecule has 4 rings (SSSR count). The number of aryl methyl sites for hydroxylation is 2. The van der Waals surface area contributed by atoms with E-state index in [4.69, 9.17) is 0 Å². The molecule has 1 atom stereocenters. The van der Waals surface area contributed by atoms with Crippen molar-refractivity contribution >= 4 is 22.6 Å². The van der Waals surface area contributed by atoms with E-state index in [0.29, 0.717) is 18.8 Å². The Morgan fingerprint density at radius 2 is 1.94 bits per heavy atom. The highest BCUT2D eigenvalue weighted by molar-refractivity contribution is 6.05. The topological polar surface area (TPSA) is 71.3 Å². The number of hydrogen-bond donors (Lipinski definition) is 0. The number of likely N-dealkylation sites (tertiary alicyclic amines) is 1. The molecule has 1 aliphatic heterocycles. The lowest BCUT2D eigenvalue weighted by Crippen LogP contribution is -2.39. The quantitative estimate of drug-likeness (QED) is 0.651. The monoisotopic (exact) mass is 419 g/mol. The van der Waals surface area contributed by atoms with Crippen molar-refractivity contribution in [1.29, 1.82) is 0 Å². The molecule has 0 radical (unpaired) electrons. The molecule has 0 spiro atoms. The SMILES string of the molecule is Cc1cc(C)n(CC(=O)N2CCCC(N(C)C(=O)c3nccc4ccccc34)CC2)n1. The van der Waals surface area contributed by atoms with Crippen LogP contribution in [0, 0.1) is 13.8 Å².